The van der Waals surface area contributed by atoms with Crippen molar-refractivity contribution in [3.05, 3.63) is 17.7 Å². The standard InChI is InChI=1S/C11H15F2NO2S/c1-15-8-5-10(17-3)9(16-2)4-7(8)11(12,13)6-14/h4-5H,6,14H2,1-3H3. The van der Waals surface area contributed by atoms with Gasteiger partial charge in [0.25, 0.3) is 5.92 Å². The SMILES string of the molecule is COc1cc(C(F)(F)CN)c(OC)cc1SC. The van der Waals surface area contributed by atoms with Gasteiger partial charge in [-0.25, -0.2) is 0 Å². The molecule has 0 spiro atoms. The maximum absolute atomic E-state index is 13.6. The van der Waals surface area contributed by atoms with Crippen LogP contribution in [0.1, 0.15) is 5.56 Å². The zero-order valence-electron chi connectivity index (χ0n) is 9.92. The molecular weight excluding hydrogens is 248 g/mol. The Labute approximate surface area is 103 Å². The highest BCUT2D eigenvalue weighted by atomic mass is 32.2. The predicted molar refractivity (Wildman–Crippen MR) is 64.3 cm³/mol. The fraction of sp³-hybridized carbons (Fsp3) is 0.455. The minimum atomic E-state index is -3.13. The molecule has 0 aliphatic heterocycles. The van der Waals surface area contributed by atoms with Crippen molar-refractivity contribution < 1.29 is 18.3 Å². The first-order valence-electron chi connectivity index (χ1n) is 4.88. The van der Waals surface area contributed by atoms with Crippen molar-refractivity contribution in [1.29, 1.82) is 0 Å². The summed E-state index contributed by atoms with van der Waals surface area (Å²) in [6.45, 7) is -0.773. The number of hydrogen-bond acceptors (Lipinski definition) is 4. The molecule has 0 saturated heterocycles. The van der Waals surface area contributed by atoms with Gasteiger partial charge in [0.05, 0.1) is 31.2 Å². The van der Waals surface area contributed by atoms with Crippen molar-refractivity contribution in [3.63, 3.8) is 0 Å². The van der Waals surface area contributed by atoms with Crippen LogP contribution in [0.25, 0.3) is 0 Å². The number of nitrogens with two attached hydrogens (primary N) is 1. The Morgan fingerprint density at radius 1 is 1.24 bits per heavy atom. The van der Waals surface area contributed by atoms with Gasteiger partial charge in [-0.3, -0.25) is 0 Å². The van der Waals surface area contributed by atoms with E-state index in [4.69, 9.17) is 15.2 Å². The second kappa shape index (κ2) is 5.55. The molecule has 17 heavy (non-hydrogen) atoms. The fourth-order valence-electron chi connectivity index (χ4n) is 1.43. The van der Waals surface area contributed by atoms with Gasteiger partial charge in [-0.2, -0.15) is 8.78 Å². The van der Waals surface area contributed by atoms with Crippen LogP contribution in [0.15, 0.2) is 17.0 Å². The Bertz CT molecular complexity index is 399. The fourth-order valence-corrected chi connectivity index (χ4v) is 1.99. The molecule has 0 aliphatic carbocycles. The van der Waals surface area contributed by atoms with E-state index in [-0.39, 0.29) is 11.3 Å². The molecule has 0 bridgehead atoms. The molecule has 0 heterocycles. The Hall–Kier alpha value is -1.01. The minimum absolute atomic E-state index is 0.116. The van der Waals surface area contributed by atoms with Crippen LogP contribution < -0.4 is 15.2 Å². The van der Waals surface area contributed by atoms with Crippen molar-refractivity contribution in [3.8, 4) is 11.5 Å². The summed E-state index contributed by atoms with van der Waals surface area (Å²) in [5.41, 5.74) is 4.82. The van der Waals surface area contributed by atoms with Crippen LogP contribution >= 0.6 is 11.8 Å². The summed E-state index contributed by atoms with van der Waals surface area (Å²) in [6, 6.07) is 2.81. The van der Waals surface area contributed by atoms with E-state index in [2.05, 4.69) is 0 Å². The molecule has 0 fully saturated rings. The molecule has 6 heteroatoms. The zero-order chi connectivity index (χ0) is 13.1. The second-order valence-corrected chi connectivity index (χ2v) is 4.16. The molecule has 2 N–H and O–H groups in total. The average Bonchev–Trinajstić information content (AvgIpc) is 2.36. The summed E-state index contributed by atoms with van der Waals surface area (Å²) in [4.78, 5) is 0.737. The Kier molecular flexibility index (Phi) is 4.59. The van der Waals surface area contributed by atoms with E-state index in [1.54, 1.807) is 0 Å². The Morgan fingerprint density at radius 3 is 2.24 bits per heavy atom. The van der Waals surface area contributed by atoms with Gasteiger partial charge in [-0.15, -0.1) is 11.8 Å². The van der Waals surface area contributed by atoms with Crippen molar-refractivity contribution >= 4 is 11.8 Å². The average molecular weight is 263 g/mol. The van der Waals surface area contributed by atoms with Crippen molar-refractivity contribution in [2.45, 2.75) is 10.8 Å². The van der Waals surface area contributed by atoms with Gasteiger partial charge in [-0.1, -0.05) is 0 Å². The molecule has 0 saturated carbocycles. The number of alkyl halides is 2. The highest BCUT2D eigenvalue weighted by molar-refractivity contribution is 7.98. The number of thioether (sulfide) groups is 1. The topological polar surface area (TPSA) is 44.5 Å². The first-order valence-corrected chi connectivity index (χ1v) is 6.11. The van der Waals surface area contributed by atoms with E-state index in [0.717, 1.165) is 4.90 Å². The van der Waals surface area contributed by atoms with Crippen molar-refractivity contribution in [2.75, 3.05) is 27.0 Å². The number of halogens is 2. The van der Waals surface area contributed by atoms with Crippen LogP contribution in [-0.4, -0.2) is 27.0 Å². The lowest BCUT2D eigenvalue weighted by molar-refractivity contribution is 0.00340. The maximum atomic E-state index is 13.6. The number of hydrogen-bond donors (Lipinski definition) is 1. The predicted octanol–water partition coefficient (Wildman–Crippen LogP) is 2.48. The number of rotatable bonds is 5. The van der Waals surface area contributed by atoms with Gasteiger partial charge in [-0.05, 0) is 18.4 Å². The normalized spacial score (nSPS) is 11.4. The van der Waals surface area contributed by atoms with Gasteiger partial charge >= 0.3 is 0 Å². The van der Waals surface area contributed by atoms with Gasteiger partial charge < -0.3 is 15.2 Å². The summed E-state index contributed by atoms with van der Waals surface area (Å²) < 4.78 is 37.3. The molecule has 96 valence electrons. The van der Waals surface area contributed by atoms with E-state index in [9.17, 15) is 8.78 Å². The van der Waals surface area contributed by atoms with Crippen LogP contribution in [0.4, 0.5) is 8.78 Å². The molecule has 1 aromatic carbocycles. The quantitative estimate of drug-likeness (QED) is 0.829. The molecule has 1 rings (SSSR count). The maximum Gasteiger partial charge on any atom is 0.288 e. The van der Waals surface area contributed by atoms with E-state index >= 15 is 0 Å². The Balaban J connectivity index is 3.38. The van der Waals surface area contributed by atoms with Crippen LogP contribution in [0.3, 0.4) is 0 Å². The second-order valence-electron chi connectivity index (χ2n) is 3.32. The Morgan fingerprint density at radius 2 is 1.82 bits per heavy atom. The van der Waals surface area contributed by atoms with Gasteiger partial charge in [0.1, 0.15) is 11.5 Å². The molecule has 1 aromatic rings. The largest absolute Gasteiger partial charge is 0.496 e. The van der Waals surface area contributed by atoms with Gasteiger partial charge in [0.15, 0.2) is 0 Å². The summed E-state index contributed by atoms with van der Waals surface area (Å²) in [5, 5.41) is 0. The van der Waals surface area contributed by atoms with Crippen molar-refractivity contribution in [2.24, 2.45) is 5.73 Å². The first-order chi connectivity index (χ1) is 8.00. The van der Waals surface area contributed by atoms with Crippen LogP contribution in [0, 0.1) is 0 Å². The van der Waals surface area contributed by atoms with E-state index in [1.807, 2.05) is 6.26 Å². The highest BCUT2D eigenvalue weighted by Crippen LogP contribution is 2.41. The summed E-state index contributed by atoms with van der Waals surface area (Å²) in [7, 11) is 2.79. The summed E-state index contributed by atoms with van der Waals surface area (Å²) in [5.74, 6) is -2.62. The third-order valence-electron chi connectivity index (χ3n) is 2.36. The third-order valence-corrected chi connectivity index (χ3v) is 3.11. The molecule has 0 unspecified atom stereocenters. The molecule has 0 aliphatic rings. The highest BCUT2D eigenvalue weighted by Gasteiger charge is 2.34. The number of methoxy groups -OCH3 is 2. The summed E-state index contributed by atoms with van der Waals surface area (Å²) >= 11 is 1.40. The number of benzene rings is 1. The lowest BCUT2D eigenvalue weighted by atomic mass is 10.1. The molecule has 0 aromatic heterocycles. The molecule has 0 amide bonds. The lowest BCUT2D eigenvalue weighted by Gasteiger charge is -2.19. The zero-order valence-corrected chi connectivity index (χ0v) is 10.7. The monoisotopic (exact) mass is 263 g/mol. The number of ether oxygens (including phenoxy) is 2. The molecule has 0 radical (unpaired) electrons. The van der Waals surface area contributed by atoms with Crippen LogP contribution in [0.2, 0.25) is 0 Å². The van der Waals surface area contributed by atoms with E-state index in [1.165, 1.54) is 38.1 Å². The van der Waals surface area contributed by atoms with E-state index in [0.29, 0.717) is 5.75 Å². The van der Waals surface area contributed by atoms with E-state index < -0.39 is 12.5 Å². The molecular formula is C11H15F2NO2S. The van der Waals surface area contributed by atoms with Gasteiger partial charge in [0, 0.05) is 0 Å². The van der Waals surface area contributed by atoms with Crippen molar-refractivity contribution in [1.82, 2.24) is 0 Å². The summed E-state index contributed by atoms with van der Waals surface area (Å²) in [6.07, 6.45) is 1.83. The minimum Gasteiger partial charge on any atom is -0.496 e. The molecule has 0 atom stereocenters. The molecule has 3 nitrogen and oxygen atoms in total. The van der Waals surface area contributed by atoms with Gasteiger partial charge in [0.2, 0.25) is 0 Å². The van der Waals surface area contributed by atoms with Crippen LogP contribution in [-0.2, 0) is 5.92 Å². The van der Waals surface area contributed by atoms with Crippen LogP contribution in [0.5, 0.6) is 11.5 Å². The smallest absolute Gasteiger partial charge is 0.288 e. The third kappa shape index (κ3) is 2.81. The first kappa shape index (κ1) is 14.1. The lowest BCUT2D eigenvalue weighted by Crippen LogP contribution is -2.25.